The molecule has 4 aromatic rings. The number of nitrogens with zero attached hydrogens (tertiary/aromatic N) is 2. The van der Waals surface area contributed by atoms with Crippen molar-refractivity contribution in [2.24, 2.45) is 4.40 Å². The van der Waals surface area contributed by atoms with Crippen LogP contribution >= 0.6 is 0 Å². The second-order valence-corrected chi connectivity index (χ2v) is 13.5. The molecule has 202 valence electrons. The number of hydrogen-bond donors (Lipinski definition) is 2. The molecule has 1 aliphatic heterocycles. The van der Waals surface area contributed by atoms with E-state index in [1.165, 1.54) is 36.6 Å². The Morgan fingerprint density at radius 2 is 1.77 bits per heavy atom. The summed E-state index contributed by atoms with van der Waals surface area (Å²) in [4.78, 5) is 13.2. The van der Waals surface area contributed by atoms with Crippen LogP contribution in [0.15, 0.2) is 68.8 Å². The molecule has 0 spiro atoms. The average Bonchev–Trinajstić information content (AvgIpc) is 2.83. The van der Waals surface area contributed by atoms with Gasteiger partial charge in [0, 0.05) is 30.2 Å². The number of aromatic hydroxyl groups is 1. The summed E-state index contributed by atoms with van der Waals surface area (Å²) in [6, 6.07) is 9.60. The first kappa shape index (κ1) is 26.5. The van der Waals surface area contributed by atoms with Crippen molar-refractivity contribution in [1.82, 2.24) is 4.40 Å². The molecule has 13 heteroatoms. The lowest BCUT2D eigenvalue weighted by atomic mass is 10.00. The second kappa shape index (κ2) is 9.27. The van der Waals surface area contributed by atoms with E-state index in [1.54, 1.807) is 0 Å². The van der Waals surface area contributed by atoms with Gasteiger partial charge in [0.1, 0.15) is 22.0 Å². The summed E-state index contributed by atoms with van der Waals surface area (Å²) in [6.07, 6.45) is 2.08. The van der Waals surface area contributed by atoms with Crippen molar-refractivity contribution in [3.05, 3.63) is 105 Å². The zero-order valence-electron chi connectivity index (χ0n) is 20.2. The normalized spacial score (nSPS) is 15.7. The number of sulfonamides is 1. The molecule has 3 heterocycles. The number of nitrogens with one attached hydrogen (secondary N) is 1. The van der Waals surface area contributed by atoms with Crippen LogP contribution in [0.3, 0.4) is 0 Å². The van der Waals surface area contributed by atoms with Gasteiger partial charge in [-0.05, 0) is 62.9 Å². The lowest BCUT2D eigenvalue weighted by molar-refractivity contribution is 0.466. The van der Waals surface area contributed by atoms with Crippen LogP contribution in [0.1, 0.15) is 22.3 Å². The lowest BCUT2D eigenvalue weighted by Crippen LogP contribution is -2.31. The molecule has 0 radical (unpaired) electrons. The molecule has 2 N–H and O–H groups in total. The predicted octanol–water partition coefficient (Wildman–Crippen LogP) is 3.42. The third-order valence-electron chi connectivity index (χ3n) is 6.04. The highest BCUT2D eigenvalue weighted by Crippen LogP contribution is 2.33. The minimum Gasteiger partial charge on any atom is -0.507 e. The summed E-state index contributed by atoms with van der Waals surface area (Å²) in [6.45, 7) is 0. The standard InChI is InChI=1S/C26H20F3N3O5S2/c1-38(2,35)13-15-4-7-20-22(11-15)39(36,37)31-25(30-20)23-24(33)17(9-14-3-6-18(28)19(29)10-14)21-8-5-16(27)12-32(21)26(23)34/h3-8,10-12,33H,1,9,13H2,2H3,(H,30,31). The van der Waals surface area contributed by atoms with Gasteiger partial charge in [-0.15, -0.1) is 4.40 Å². The Morgan fingerprint density at radius 1 is 1.05 bits per heavy atom. The van der Waals surface area contributed by atoms with Gasteiger partial charge in [-0.3, -0.25) is 13.4 Å². The van der Waals surface area contributed by atoms with Crippen LogP contribution in [0.2, 0.25) is 0 Å². The summed E-state index contributed by atoms with van der Waals surface area (Å²) >= 11 is 0. The summed E-state index contributed by atoms with van der Waals surface area (Å²) < 4.78 is 84.4. The summed E-state index contributed by atoms with van der Waals surface area (Å²) in [5, 5.41) is 14.0. The molecular weight excluding hydrogens is 555 g/mol. The van der Waals surface area contributed by atoms with E-state index in [1.807, 2.05) is 0 Å². The Labute approximate surface area is 221 Å². The van der Waals surface area contributed by atoms with Crippen LogP contribution in [0.25, 0.3) is 5.52 Å². The van der Waals surface area contributed by atoms with E-state index in [4.69, 9.17) is 0 Å². The monoisotopic (exact) mass is 575 g/mol. The molecule has 2 aromatic carbocycles. The molecule has 1 unspecified atom stereocenters. The van der Waals surface area contributed by atoms with E-state index in [0.29, 0.717) is 5.56 Å². The number of anilines is 1. The molecule has 1 aliphatic rings. The van der Waals surface area contributed by atoms with E-state index in [2.05, 4.69) is 15.6 Å². The van der Waals surface area contributed by atoms with Crippen molar-refractivity contribution in [3.8, 4) is 5.75 Å². The molecule has 1 atom stereocenters. The van der Waals surface area contributed by atoms with E-state index >= 15 is 0 Å². The first-order valence-electron chi connectivity index (χ1n) is 11.3. The van der Waals surface area contributed by atoms with Crippen molar-refractivity contribution in [3.63, 3.8) is 0 Å². The van der Waals surface area contributed by atoms with Crippen molar-refractivity contribution >= 4 is 42.5 Å². The average molecular weight is 576 g/mol. The maximum Gasteiger partial charge on any atom is 0.286 e. The first-order valence-corrected chi connectivity index (χ1v) is 15.0. The van der Waals surface area contributed by atoms with Crippen LogP contribution in [0.4, 0.5) is 18.9 Å². The number of halogens is 3. The van der Waals surface area contributed by atoms with Gasteiger partial charge in [-0.1, -0.05) is 12.1 Å². The third kappa shape index (κ3) is 5.02. The van der Waals surface area contributed by atoms with Gasteiger partial charge >= 0.3 is 0 Å². The molecule has 0 aliphatic carbocycles. The Hall–Kier alpha value is -4.10. The van der Waals surface area contributed by atoms with E-state index in [-0.39, 0.29) is 39.4 Å². The zero-order chi connectivity index (χ0) is 28.3. The molecule has 0 fully saturated rings. The van der Waals surface area contributed by atoms with Crippen LogP contribution in [0.5, 0.6) is 5.75 Å². The maximum atomic E-state index is 14.1. The van der Waals surface area contributed by atoms with Crippen LogP contribution in [0, 0.1) is 17.5 Å². The third-order valence-corrected chi connectivity index (χ3v) is 8.30. The molecule has 2 aromatic heterocycles. The molecule has 0 bridgehead atoms. The fourth-order valence-corrected chi connectivity index (χ4v) is 6.44. The van der Waals surface area contributed by atoms with E-state index in [0.717, 1.165) is 28.8 Å². The molecule has 8 nitrogen and oxygen atoms in total. The summed E-state index contributed by atoms with van der Waals surface area (Å²) in [5.41, 5.74) is -0.746. The molecule has 0 amide bonds. The molecular formula is C26H20F3N3O5S2. The molecule has 0 saturated heterocycles. The molecule has 39 heavy (non-hydrogen) atoms. The Kier molecular flexibility index (Phi) is 6.30. The summed E-state index contributed by atoms with van der Waals surface area (Å²) in [7, 11) is -6.88. The predicted molar refractivity (Wildman–Crippen MR) is 143 cm³/mol. The second-order valence-electron chi connectivity index (χ2n) is 9.23. The first-order chi connectivity index (χ1) is 18.2. The molecule has 5 rings (SSSR count). The van der Waals surface area contributed by atoms with Crippen molar-refractivity contribution in [1.29, 1.82) is 0 Å². The highest BCUT2D eigenvalue weighted by molar-refractivity contribution is 7.98. The zero-order valence-corrected chi connectivity index (χ0v) is 21.9. The fraction of sp³-hybridized carbons (Fsp3) is 0.115. The highest BCUT2D eigenvalue weighted by atomic mass is 32.2. The SMILES string of the molecule is C=S(C)(=O)Cc1ccc2c(c1)S(=O)(=O)N=C(c1c(O)c(Cc3ccc(F)c(F)c3)c3ccc(F)cn3c1=O)N2. The Bertz CT molecular complexity index is 2000. The maximum absolute atomic E-state index is 14.1. The number of pyridine rings is 2. The topological polar surface area (TPSA) is 117 Å². The smallest absolute Gasteiger partial charge is 0.286 e. The van der Waals surface area contributed by atoms with Crippen LogP contribution in [-0.4, -0.2) is 40.1 Å². The minimum absolute atomic E-state index is 0.0202. The van der Waals surface area contributed by atoms with Gasteiger partial charge in [0.25, 0.3) is 15.6 Å². The van der Waals surface area contributed by atoms with E-state index < -0.39 is 59.7 Å². The number of hydrogen-bond acceptors (Lipinski definition) is 6. The molecule has 0 saturated carbocycles. The van der Waals surface area contributed by atoms with Gasteiger partial charge in [0.05, 0.1) is 11.2 Å². The quantitative estimate of drug-likeness (QED) is 0.353. The van der Waals surface area contributed by atoms with Gasteiger partial charge in [0.2, 0.25) is 0 Å². The number of rotatable bonds is 5. The van der Waals surface area contributed by atoms with Crippen LogP contribution in [-0.2, 0) is 31.7 Å². The van der Waals surface area contributed by atoms with Crippen LogP contribution < -0.4 is 10.9 Å². The van der Waals surface area contributed by atoms with Crippen molar-refractivity contribution in [2.75, 3.05) is 11.6 Å². The highest BCUT2D eigenvalue weighted by Gasteiger charge is 2.30. The van der Waals surface area contributed by atoms with Gasteiger partial charge < -0.3 is 10.4 Å². The summed E-state index contributed by atoms with van der Waals surface area (Å²) in [5.74, 6) is -0.587. The van der Waals surface area contributed by atoms with Gasteiger partial charge in [-0.2, -0.15) is 8.42 Å². The number of amidine groups is 1. The van der Waals surface area contributed by atoms with Crippen molar-refractivity contribution < 1.29 is 30.9 Å². The number of fused-ring (bicyclic) bond motifs is 2. The fourth-order valence-electron chi connectivity index (χ4n) is 4.38. The Morgan fingerprint density at radius 3 is 2.46 bits per heavy atom. The largest absolute Gasteiger partial charge is 0.507 e. The van der Waals surface area contributed by atoms with Gasteiger partial charge in [0.15, 0.2) is 17.5 Å². The van der Waals surface area contributed by atoms with Crippen molar-refractivity contribution in [2.45, 2.75) is 17.1 Å². The Balaban J connectivity index is 1.70. The minimum atomic E-state index is -4.41. The van der Waals surface area contributed by atoms with Gasteiger partial charge in [-0.25, -0.2) is 13.2 Å². The number of aromatic nitrogens is 1. The number of benzene rings is 2. The van der Waals surface area contributed by atoms with E-state index in [9.17, 15) is 35.7 Å². The lowest BCUT2D eigenvalue weighted by Gasteiger charge is -2.21.